The van der Waals surface area contributed by atoms with Crippen molar-refractivity contribution in [2.24, 2.45) is 0 Å². The molecule has 0 saturated carbocycles. The van der Waals surface area contributed by atoms with Crippen molar-refractivity contribution in [2.75, 3.05) is 11.4 Å². The van der Waals surface area contributed by atoms with Crippen LogP contribution in [0, 0.1) is 20.8 Å². The summed E-state index contributed by atoms with van der Waals surface area (Å²) in [5.74, 6) is 0.321. The maximum atomic E-state index is 12.7. The Hall–Kier alpha value is -2.34. The molecule has 132 valence electrons. The third kappa shape index (κ3) is 3.54. The summed E-state index contributed by atoms with van der Waals surface area (Å²) in [6.45, 7) is 6.14. The Kier molecular flexibility index (Phi) is 4.56. The van der Waals surface area contributed by atoms with Crippen LogP contribution >= 0.6 is 0 Å². The lowest BCUT2D eigenvalue weighted by Crippen LogP contribution is -2.23. The molecule has 0 aliphatic carbocycles. The minimum atomic E-state index is -3.91. The summed E-state index contributed by atoms with van der Waals surface area (Å²) in [5.41, 5.74) is 3.09. The maximum absolute atomic E-state index is 12.7. The van der Waals surface area contributed by atoms with E-state index in [9.17, 15) is 13.2 Å². The summed E-state index contributed by atoms with van der Waals surface area (Å²) >= 11 is 0. The Morgan fingerprint density at radius 1 is 1.00 bits per heavy atom. The second-order valence-corrected chi connectivity index (χ2v) is 7.89. The zero-order valence-electron chi connectivity index (χ0n) is 14.6. The number of nitrogens with zero attached hydrogens (tertiary/aromatic N) is 1. The van der Waals surface area contributed by atoms with E-state index >= 15 is 0 Å². The second kappa shape index (κ2) is 6.52. The van der Waals surface area contributed by atoms with Gasteiger partial charge in [-0.15, -0.1) is 0 Å². The van der Waals surface area contributed by atoms with Crippen LogP contribution in [0.4, 0.5) is 5.69 Å². The highest BCUT2D eigenvalue weighted by Crippen LogP contribution is 2.28. The molecule has 5 nitrogen and oxygen atoms in total. The molecule has 0 aromatic heterocycles. The molecule has 1 aliphatic heterocycles. The third-order valence-corrected chi connectivity index (χ3v) is 5.84. The van der Waals surface area contributed by atoms with Gasteiger partial charge in [0.05, 0.1) is 0 Å². The number of hydrogen-bond donors (Lipinski definition) is 0. The highest BCUT2D eigenvalue weighted by molar-refractivity contribution is 7.87. The monoisotopic (exact) mass is 359 g/mol. The third-order valence-electron chi connectivity index (χ3n) is 4.28. The average molecular weight is 359 g/mol. The number of benzene rings is 2. The Morgan fingerprint density at radius 2 is 1.60 bits per heavy atom. The Balaban J connectivity index is 1.85. The van der Waals surface area contributed by atoms with Gasteiger partial charge in [-0.05, 0) is 62.6 Å². The van der Waals surface area contributed by atoms with Gasteiger partial charge in [0.25, 0.3) is 0 Å². The van der Waals surface area contributed by atoms with Crippen LogP contribution < -0.4 is 9.08 Å². The van der Waals surface area contributed by atoms with E-state index in [2.05, 4.69) is 0 Å². The highest BCUT2D eigenvalue weighted by atomic mass is 32.2. The van der Waals surface area contributed by atoms with Gasteiger partial charge in [0, 0.05) is 18.7 Å². The first kappa shape index (κ1) is 17.5. The average Bonchev–Trinajstić information content (AvgIpc) is 2.92. The van der Waals surface area contributed by atoms with Gasteiger partial charge in [0.15, 0.2) is 0 Å². The number of amides is 1. The van der Waals surface area contributed by atoms with Crippen LogP contribution in [0.3, 0.4) is 0 Å². The molecule has 0 spiro atoms. The van der Waals surface area contributed by atoms with E-state index in [1.165, 1.54) is 0 Å². The van der Waals surface area contributed by atoms with E-state index < -0.39 is 10.1 Å². The van der Waals surface area contributed by atoms with Crippen LogP contribution in [0.1, 0.15) is 29.5 Å². The summed E-state index contributed by atoms with van der Waals surface area (Å²) in [6.07, 6.45) is 1.40. The molecule has 6 heteroatoms. The Bertz CT molecular complexity index is 894. The first-order valence-corrected chi connectivity index (χ1v) is 9.61. The van der Waals surface area contributed by atoms with Crippen molar-refractivity contribution >= 4 is 21.7 Å². The molecular weight excluding hydrogens is 338 g/mol. The molecule has 1 amide bonds. The first-order chi connectivity index (χ1) is 11.8. The van der Waals surface area contributed by atoms with E-state index in [1.54, 1.807) is 43.0 Å². The predicted octanol–water partition coefficient (Wildman–Crippen LogP) is 3.51. The van der Waals surface area contributed by atoms with Gasteiger partial charge in [0.1, 0.15) is 10.6 Å². The van der Waals surface area contributed by atoms with Gasteiger partial charge in [-0.1, -0.05) is 17.7 Å². The topological polar surface area (TPSA) is 63.7 Å². The van der Waals surface area contributed by atoms with Gasteiger partial charge in [0.2, 0.25) is 5.91 Å². The van der Waals surface area contributed by atoms with Gasteiger partial charge in [-0.25, -0.2) is 0 Å². The lowest BCUT2D eigenvalue weighted by molar-refractivity contribution is -0.117. The van der Waals surface area contributed by atoms with Gasteiger partial charge >= 0.3 is 10.1 Å². The maximum Gasteiger partial charge on any atom is 0.339 e. The van der Waals surface area contributed by atoms with Crippen molar-refractivity contribution in [3.05, 3.63) is 53.1 Å². The second-order valence-electron chi connectivity index (χ2n) is 6.41. The SMILES string of the molecule is Cc1cc(C)c(S(=O)(=O)Oc2ccc(N3CCCC3=O)cc2)c(C)c1. The molecule has 3 rings (SSSR count). The Morgan fingerprint density at radius 3 is 2.12 bits per heavy atom. The number of carbonyl (C=O) groups excluding carboxylic acids is 1. The predicted molar refractivity (Wildman–Crippen MR) is 96.5 cm³/mol. The van der Waals surface area contributed by atoms with Gasteiger partial charge < -0.3 is 9.08 Å². The van der Waals surface area contributed by atoms with Gasteiger partial charge in [-0.3, -0.25) is 4.79 Å². The number of hydrogen-bond acceptors (Lipinski definition) is 4. The summed E-state index contributed by atoms with van der Waals surface area (Å²) in [6, 6.07) is 10.2. The number of carbonyl (C=O) groups is 1. The summed E-state index contributed by atoms with van der Waals surface area (Å²) < 4.78 is 30.6. The van der Waals surface area contributed by atoms with Crippen molar-refractivity contribution in [1.82, 2.24) is 0 Å². The first-order valence-electron chi connectivity index (χ1n) is 8.21. The van der Waals surface area contributed by atoms with Crippen LogP contribution in [0.2, 0.25) is 0 Å². The van der Waals surface area contributed by atoms with E-state index in [4.69, 9.17) is 4.18 Å². The van der Waals surface area contributed by atoms with Crippen molar-refractivity contribution in [1.29, 1.82) is 0 Å². The molecule has 1 saturated heterocycles. The molecule has 2 aromatic carbocycles. The van der Waals surface area contributed by atoms with Crippen molar-refractivity contribution < 1.29 is 17.4 Å². The smallest absolute Gasteiger partial charge is 0.339 e. The summed E-state index contributed by atoms with van der Waals surface area (Å²) in [7, 11) is -3.91. The zero-order valence-corrected chi connectivity index (χ0v) is 15.4. The van der Waals surface area contributed by atoms with Crippen LogP contribution in [0.15, 0.2) is 41.3 Å². The Labute approximate surface area is 148 Å². The van der Waals surface area contributed by atoms with E-state index in [-0.39, 0.29) is 16.6 Å². The molecule has 1 aliphatic rings. The van der Waals surface area contributed by atoms with E-state index in [0.29, 0.717) is 24.1 Å². The molecule has 0 unspecified atom stereocenters. The highest BCUT2D eigenvalue weighted by Gasteiger charge is 2.24. The van der Waals surface area contributed by atoms with Crippen LogP contribution in [0.25, 0.3) is 0 Å². The van der Waals surface area contributed by atoms with Crippen molar-refractivity contribution in [2.45, 2.75) is 38.5 Å². The van der Waals surface area contributed by atoms with Crippen molar-refractivity contribution in [3.8, 4) is 5.75 Å². The molecule has 2 aromatic rings. The molecular formula is C19H21NO4S. The fourth-order valence-electron chi connectivity index (χ4n) is 3.33. The van der Waals surface area contributed by atoms with Crippen molar-refractivity contribution in [3.63, 3.8) is 0 Å². The lowest BCUT2D eigenvalue weighted by Gasteiger charge is -2.16. The molecule has 0 radical (unpaired) electrons. The fraction of sp³-hybridized carbons (Fsp3) is 0.316. The molecule has 1 fully saturated rings. The van der Waals surface area contributed by atoms with E-state index in [0.717, 1.165) is 17.7 Å². The standard InChI is InChI=1S/C19H21NO4S/c1-13-11-14(2)19(15(3)12-13)25(22,23)24-17-8-6-16(7-9-17)20-10-4-5-18(20)21/h6-9,11-12H,4-5,10H2,1-3H3. The number of anilines is 1. The van der Waals surface area contributed by atoms with Crippen LogP contribution in [-0.4, -0.2) is 20.9 Å². The quantitative estimate of drug-likeness (QED) is 0.784. The molecule has 0 bridgehead atoms. The number of aryl methyl sites for hydroxylation is 3. The zero-order chi connectivity index (χ0) is 18.2. The summed E-state index contributed by atoms with van der Waals surface area (Å²) in [5, 5.41) is 0. The summed E-state index contributed by atoms with van der Waals surface area (Å²) in [4.78, 5) is 13.7. The molecule has 1 heterocycles. The minimum absolute atomic E-state index is 0.0900. The van der Waals surface area contributed by atoms with E-state index in [1.807, 2.05) is 19.1 Å². The van der Waals surface area contributed by atoms with Crippen LogP contribution in [0.5, 0.6) is 5.75 Å². The fourth-order valence-corrected chi connectivity index (χ4v) is 4.69. The van der Waals surface area contributed by atoms with Gasteiger partial charge in [-0.2, -0.15) is 8.42 Å². The van der Waals surface area contributed by atoms with Crippen LogP contribution in [-0.2, 0) is 14.9 Å². The lowest BCUT2D eigenvalue weighted by atomic mass is 10.1. The molecule has 0 N–H and O–H groups in total. The number of rotatable bonds is 4. The molecule has 0 atom stereocenters. The molecule has 25 heavy (non-hydrogen) atoms. The largest absolute Gasteiger partial charge is 0.379 e. The normalized spacial score (nSPS) is 14.8. The minimum Gasteiger partial charge on any atom is -0.379 e.